The molecule has 52 heavy (non-hydrogen) atoms. The molecule has 1 aromatic heterocycles. The first-order valence-corrected chi connectivity index (χ1v) is 17.8. The van der Waals surface area contributed by atoms with E-state index in [2.05, 4.69) is 28.0 Å². The summed E-state index contributed by atoms with van der Waals surface area (Å²) in [6.07, 6.45) is 1.54. The average Bonchev–Trinajstić information content (AvgIpc) is 3.64. The Morgan fingerprint density at radius 2 is 1.73 bits per heavy atom. The van der Waals surface area contributed by atoms with Gasteiger partial charge in [0.15, 0.2) is 0 Å². The number of hydrazine groups is 1. The van der Waals surface area contributed by atoms with Crippen molar-refractivity contribution >= 4 is 18.1 Å². The number of aromatic nitrogens is 1. The molecule has 0 aliphatic carbocycles. The fourth-order valence-electron chi connectivity index (χ4n) is 5.66. The van der Waals surface area contributed by atoms with Crippen molar-refractivity contribution < 1.29 is 38.4 Å². The summed E-state index contributed by atoms with van der Waals surface area (Å²) in [5.41, 5.74) is 5.56. The second-order valence-corrected chi connectivity index (χ2v) is 14.0. The highest BCUT2D eigenvalue weighted by molar-refractivity contribution is 5.86. The molecule has 1 aliphatic heterocycles. The molecule has 4 unspecified atom stereocenters. The predicted molar refractivity (Wildman–Crippen MR) is 196 cm³/mol. The molecule has 282 valence electrons. The lowest BCUT2D eigenvalue weighted by Crippen LogP contribution is -2.59. The zero-order valence-electron chi connectivity index (χ0n) is 30.8. The minimum Gasteiger partial charge on any atom is -0.494 e. The monoisotopic (exact) mass is 719 g/mol. The number of carbonyl (C=O) groups excluding carboxylic acids is 3. The Balaban J connectivity index is 1.57. The van der Waals surface area contributed by atoms with Crippen LogP contribution in [0.2, 0.25) is 0 Å². The summed E-state index contributed by atoms with van der Waals surface area (Å²) < 4.78 is 21.5. The van der Waals surface area contributed by atoms with E-state index in [1.165, 1.54) is 7.11 Å². The lowest BCUT2D eigenvalue weighted by atomic mass is 9.85. The predicted octanol–water partition coefficient (Wildman–Crippen LogP) is 5.02. The van der Waals surface area contributed by atoms with E-state index >= 15 is 0 Å². The molecule has 4 atom stereocenters. The maximum absolute atomic E-state index is 13.8. The molecule has 13 heteroatoms. The van der Waals surface area contributed by atoms with Gasteiger partial charge in [-0.1, -0.05) is 76.6 Å². The maximum Gasteiger partial charge on any atom is 0.422 e. The Labute approximate surface area is 306 Å². The van der Waals surface area contributed by atoms with Crippen molar-refractivity contribution in [2.45, 2.75) is 84.2 Å². The molecule has 0 saturated carbocycles. The number of nitrogens with zero attached hydrogens (tertiary/aromatic N) is 2. The third kappa shape index (κ3) is 12.8. The van der Waals surface area contributed by atoms with Crippen LogP contribution in [0.5, 0.6) is 5.75 Å². The summed E-state index contributed by atoms with van der Waals surface area (Å²) in [7, 11) is 1.23. The molecule has 13 nitrogen and oxygen atoms in total. The van der Waals surface area contributed by atoms with Gasteiger partial charge in [0.2, 0.25) is 5.91 Å². The van der Waals surface area contributed by atoms with Gasteiger partial charge in [0.25, 0.3) is 0 Å². The Morgan fingerprint density at radius 1 is 1.00 bits per heavy atom. The number of hydrogen-bond donors (Lipinski definition) is 4. The highest BCUT2D eigenvalue weighted by Gasteiger charge is 2.36. The van der Waals surface area contributed by atoms with Crippen LogP contribution in [0.1, 0.15) is 58.1 Å². The van der Waals surface area contributed by atoms with Gasteiger partial charge in [-0.25, -0.2) is 14.6 Å². The number of unbranched alkanes of at least 4 members (excludes halogenated alkanes) is 1. The molecular formula is C39H53N5O8. The number of aliphatic hydroxyl groups is 1. The number of benzene rings is 2. The van der Waals surface area contributed by atoms with Gasteiger partial charge in [0.1, 0.15) is 17.9 Å². The number of alkyl carbamates (subject to hydrolysis) is 1. The number of pyridine rings is 1. The second-order valence-electron chi connectivity index (χ2n) is 14.0. The van der Waals surface area contributed by atoms with Crippen molar-refractivity contribution in [2.24, 2.45) is 5.41 Å². The summed E-state index contributed by atoms with van der Waals surface area (Å²) in [6.45, 7) is 9.14. The van der Waals surface area contributed by atoms with E-state index in [4.69, 9.17) is 18.9 Å². The van der Waals surface area contributed by atoms with Gasteiger partial charge in [-0.15, -0.1) is 0 Å². The number of amides is 3. The van der Waals surface area contributed by atoms with Crippen LogP contribution in [-0.2, 0) is 32.0 Å². The first-order chi connectivity index (χ1) is 24.9. The standard InChI is InChI=1S/C39H53N5O8/c1-6-7-21-51-30-17-13-27(14-18-30)23-33(41-36(46)35(39(2,3)4)42-37(47)49-5)34(45)25-44(43-38(48)52-31-19-22-50-26-31)24-28-11-15-29(16-12-28)32-10-8-9-20-40-32/h8-18,20,31,33-35,45H,6-7,19,21-26H2,1-5H3,(H,41,46)(H,42,47)(H,43,48). The van der Waals surface area contributed by atoms with E-state index in [9.17, 15) is 19.5 Å². The molecule has 4 N–H and O–H groups in total. The molecule has 1 aliphatic rings. The van der Waals surface area contributed by atoms with Crippen LogP contribution in [0.3, 0.4) is 0 Å². The van der Waals surface area contributed by atoms with Gasteiger partial charge in [-0.05, 0) is 53.6 Å². The van der Waals surface area contributed by atoms with Gasteiger partial charge in [-0.2, -0.15) is 0 Å². The summed E-state index contributed by atoms with van der Waals surface area (Å²) in [5, 5.41) is 19.0. The molecule has 1 fully saturated rings. The fraction of sp³-hybridized carbons (Fsp3) is 0.487. The van der Waals surface area contributed by atoms with Crippen LogP contribution in [0.4, 0.5) is 9.59 Å². The highest BCUT2D eigenvalue weighted by atomic mass is 16.6. The highest BCUT2D eigenvalue weighted by Crippen LogP contribution is 2.22. The molecule has 3 aromatic rings. The zero-order valence-corrected chi connectivity index (χ0v) is 30.8. The lowest BCUT2D eigenvalue weighted by Gasteiger charge is -2.34. The number of methoxy groups -OCH3 is 1. The lowest BCUT2D eigenvalue weighted by molar-refractivity contribution is -0.127. The minimum atomic E-state index is -1.19. The number of aliphatic hydroxyl groups excluding tert-OH is 1. The Hall–Kier alpha value is -4.72. The number of ether oxygens (including phenoxy) is 4. The van der Waals surface area contributed by atoms with Gasteiger partial charge in [0.05, 0.1) is 44.8 Å². The SMILES string of the molecule is CCCCOc1ccc(CC(NC(=O)C(NC(=O)OC)C(C)(C)C)C(O)CN(Cc2ccc(-c3ccccn3)cc2)NC(=O)OC2CCOC2)cc1. The van der Waals surface area contributed by atoms with E-state index in [1.54, 1.807) is 11.2 Å². The maximum atomic E-state index is 13.8. The molecule has 0 radical (unpaired) electrons. The van der Waals surface area contributed by atoms with Crippen LogP contribution in [0.25, 0.3) is 11.3 Å². The summed E-state index contributed by atoms with van der Waals surface area (Å²) >= 11 is 0. The first kappa shape index (κ1) is 40.1. The summed E-state index contributed by atoms with van der Waals surface area (Å²) in [4.78, 5) is 43.5. The van der Waals surface area contributed by atoms with E-state index < -0.39 is 41.7 Å². The third-order valence-electron chi connectivity index (χ3n) is 8.62. The van der Waals surface area contributed by atoms with Crippen molar-refractivity contribution in [3.63, 3.8) is 0 Å². The van der Waals surface area contributed by atoms with Crippen LogP contribution in [0.15, 0.2) is 72.9 Å². The van der Waals surface area contributed by atoms with Gasteiger partial charge < -0.3 is 34.7 Å². The van der Waals surface area contributed by atoms with Crippen molar-refractivity contribution in [3.8, 4) is 17.0 Å². The van der Waals surface area contributed by atoms with Crippen LogP contribution < -0.4 is 20.8 Å². The smallest absolute Gasteiger partial charge is 0.422 e. The van der Waals surface area contributed by atoms with E-state index in [1.807, 2.05) is 87.5 Å². The van der Waals surface area contributed by atoms with Crippen molar-refractivity contribution in [2.75, 3.05) is 33.5 Å². The third-order valence-corrected chi connectivity index (χ3v) is 8.62. The second kappa shape index (κ2) is 19.8. The largest absolute Gasteiger partial charge is 0.494 e. The number of carbonyl (C=O) groups is 3. The summed E-state index contributed by atoms with van der Waals surface area (Å²) in [6, 6.07) is 19.1. The van der Waals surface area contributed by atoms with Gasteiger partial charge in [-0.3, -0.25) is 15.2 Å². The molecule has 0 spiro atoms. The van der Waals surface area contributed by atoms with Crippen LogP contribution in [0, 0.1) is 5.41 Å². The van der Waals surface area contributed by atoms with E-state index in [0.717, 1.165) is 41.0 Å². The van der Waals surface area contributed by atoms with Crippen molar-refractivity contribution in [1.29, 1.82) is 0 Å². The van der Waals surface area contributed by atoms with E-state index in [0.29, 0.717) is 26.2 Å². The number of nitrogens with one attached hydrogen (secondary N) is 3. The van der Waals surface area contributed by atoms with Crippen molar-refractivity contribution in [1.82, 2.24) is 26.1 Å². The molecule has 4 rings (SSSR count). The fourth-order valence-corrected chi connectivity index (χ4v) is 5.66. The molecular weight excluding hydrogens is 666 g/mol. The van der Waals surface area contributed by atoms with E-state index in [-0.39, 0.29) is 25.6 Å². The first-order valence-electron chi connectivity index (χ1n) is 17.8. The molecule has 1 saturated heterocycles. The average molecular weight is 720 g/mol. The summed E-state index contributed by atoms with van der Waals surface area (Å²) in [5.74, 6) is 0.232. The van der Waals surface area contributed by atoms with Gasteiger partial charge >= 0.3 is 12.2 Å². The Morgan fingerprint density at radius 3 is 2.35 bits per heavy atom. The Kier molecular flexibility index (Phi) is 15.2. The molecule has 3 amide bonds. The topological polar surface area (TPSA) is 161 Å². The Bertz CT molecular complexity index is 1540. The van der Waals surface area contributed by atoms with Crippen molar-refractivity contribution in [3.05, 3.63) is 84.1 Å². The van der Waals surface area contributed by atoms with Crippen LogP contribution in [-0.4, -0.2) is 91.0 Å². The van der Waals surface area contributed by atoms with Gasteiger partial charge in [0, 0.05) is 31.3 Å². The quantitative estimate of drug-likeness (QED) is 0.110. The molecule has 0 bridgehead atoms. The molecule has 2 aromatic carbocycles. The zero-order chi connectivity index (χ0) is 37.5. The number of rotatable bonds is 17. The minimum absolute atomic E-state index is 0.0773. The molecule has 2 heterocycles. The number of hydrogen-bond acceptors (Lipinski definition) is 10. The van der Waals surface area contributed by atoms with Crippen LogP contribution >= 0.6 is 0 Å². The normalized spacial score (nSPS) is 16.0.